The van der Waals surface area contributed by atoms with Gasteiger partial charge in [-0.05, 0) is 64.5 Å². The molecule has 0 aliphatic carbocycles. The van der Waals surface area contributed by atoms with E-state index in [-0.39, 0.29) is 0 Å². The van der Waals surface area contributed by atoms with E-state index < -0.39 is 0 Å². The molecule has 48 heavy (non-hydrogen) atoms. The molecule has 0 saturated carbocycles. The predicted molar refractivity (Wildman–Crippen MR) is 200 cm³/mol. The van der Waals surface area contributed by atoms with Crippen molar-refractivity contribution < 1.29 is 4.42 Å². The molecular weight excluding hydrogens is 585 g/mol. The Morgan fingerprint density at radius 3 is 1.79 bits per heavy atom. The Labute approximate surface area is 279 Å². The molecule has 0 atom stereocenters. The van der Waals surface area contributed by atoms with Gasteiger partial charge in [-0.3, -0.25) is 4.98 Å². The molecular formula is C45H30N2O. The Hall–Kier alpha value is -6.45. The third-order valence-electron chi connectivity index (χ3n) is 9.13. The zero-order valence-corrected chi connectivity index (χ0v) is 26.1. The molecule has 0 bridgehead atoms. The number of aromatic nitrogens is 1. The summed E-state index contributed by atoms with van der Waals surface area (Å²) < 4.78 is 6.32. The smallest absolute Gasteiger partial charge is 0.153 e. The number of para-hydroxylation sites is 1. The van der Waals surface area contributed by atoms with E-state index in [9.17, 15) is 0 Å². The van der Waals surface area contributed by atoms with Gasteiger partial charge >= 0.3 is 0 Å². The summed E-state index contributed by atoms with van der Waals surface area (Å²) in [6.07, 6.45) is 1.85. The lowest BCUT2D eigenvalue weighted by Gasteiger charge is -2.28. The van der Waals surface area contributed by atoms with Gasteiger partial charge in [-0.15, -0.1) is 0 Å². The summed E-state index contributed by atoms with van der Waals surface area (Å²) >= 11 is 0. The predicted octanol–water partition coefficient (Wildman–Crippen LogP) is 12.6. The Balaban J connectivity index is 1.14. The molecule has 0 aliphatic heterocycles. The van der Waals surface area contributed by atoms with Gasteiger partial charge in [-0.25, -0.2) is 0 Å². The molecule has 0 unspecified atom stereocenters. The highest BCUT2D eigenvalue weighted by atomic mass is 16.3. The monoisotopic (exact) mass is 614 g/mol. The van der Waals surface area contributed by atoms with Crippen molar-refractivity contribution in [3.05, 3.63) is 182 Å². The maximum atomic E-state index is 6.32. The Kier molecular flexibility index (Phi) is 6.80. The molecule has 0 saturated heterocycles. The summed E-state index contributed by atoms with van der Waals surface area (Å²) in [4.78, 5) is 7.17. The lowest BCUT2D eigenvalue weighted by Crippen LogP contribution is -2.11. The summed E-state index contributed by atoms with van der Waals surface area (Å²) in [5.41, 5.74) is 11.7. The number of furan rings is 1. The summed E-state index contributed by atoms with van der Waals surface area (Å²) in [6, 6.07) is 62.1. The molecule has 3 heteroatoms. The third-order valence-corrected chi connectivity index (χ3v) is 9.13. The first kappa shape index (κ1) is 27.8. The van der Waals surface area contributed by atoms with Crippen molar-refractivity contribution >= 4 is 49.8 Å². The molecule has 7 aromatic carbocycles. The lowest BCUT2D eigenvalue weighted by atomic mass is 10.0. The van der Waals surface area contributed by atoms with Crippen LogP contribution in [0.4, 0.5) is 17.1 Å². The van der Waals surface area contributed by atoms with Crippen molar-refractivity contribution in [3.8, 4) is 33.5 Å². The van der Waals surface area contributed by atoms with Crippen LogP contribution in [0, 0.1) is 0 Å². The van der Waals surface area contributed by atoms with E-state index >= 15 is 0 Å². The third kappa shape index (κ3) is 4.90. The van der Waals surface area contributed by atoms with Crippen LogP contribution in [-0.2, 0) is 0 Å². The quantitative estimate of drug-likeness (QED) is 0.187. The van der Waals surface area contributed by atoms with Gasteiger partial charge in [0.1, 0.15) is 5.58 Å². The van der Waals surface area contributed by atoms with Gasteiger partial charge in [0.2, 0.25) is 0 Å². The summed E-state index contributed by atoms with van der Waals surface area (Å²) in [5.74, 6) is 0. The van der Waals surface area contributed by atoms with E-state index in [1.807, 2.05) is 6.20 Å². The molecule has 0 fully saturated rings. The second-order valence-electron chi connectivity index (χ2n) is 12.0. The number of fused-ring (bicyclic) bond motifs is 5. The molecule has 226 valence electrons. The number of anilines is 3. The van der Waals surface area contributed by atoms with Gasteiger partial charge in [-0.1, -0.05) is 133 Å². The largest absolute Gasteiger partial charge is 0.454 e. The van der Waals surface area contributed by atoms with Gasteiger partial charge in [0.15, 0.2) is 5.58 Å². The molecule has 9 aromatic rings. The fourth-order valence-corrected chi connectivity index (χ4v) is 6.74. The maximum absolute atomic E-state index is 6.32. The van der Waals surface area contributed by atoms with Crippen molar-refractivity contribution in [2.45, 2.75) is 0 Å². The minimum atomic E-state index is 0.796. The highest BCUT2D eigenvalue weighted by Crippen LogP contribution is 2.42. The first-order valence-electron chi connectivity index (χ1n) is 16.2. The minimum absolute atomic E-state index is 0.796. The van der Waals surface area contributed by atoms with Crippen LogP contribution >= 0.6 is 0 Å². The SMILES string of the molecule is c1ccc(-c2ccc(N(c3ccc(-c4cc5c(cn4)oc4c6ccccc6ccc54)cc3)c3ccccc3-c3ccccc3)cc2)cc1. The van der Waals surface area contributed by atoms with Crippen molar-refractivity contribution in [2.75, 3.05) is 4.90 Å². The zero-order valence-electron chi connectivity index (χ0n) is 26.1. The number of rotatable bonds is 6. The van der Waals surface area contributed by atoms with Crippen molar-refractivity contribution in [1.82, 2.24) is 4.98 Å². The number of benzene rings is 7. The van der Waals surface area contributed by atoms with E-state index in [4.69, 9.17) is 9.40 Å². The van der Waals surface area contributed by atoms with Crippen LogP contribution in [0.2, 0.25) is 0 Å². The van der Waals surface area contributed by atoms with Gasteiger partial charge < -0.3 is 9.32 Å². The standard InChI is InChI=1S/C45H30N2O/c1-3-11-31(12-4-1)32-19-24-36(25-20-32)47(43-18-10-9-16-38(43)33-13-5-2-6-14-33)37-26-21-35(22-27-37)42-29-41-40-28-23-34-15-7-8-17-39(34)45(40)48-44(41)30-46-42/h1-30H. The fourth-order valence-electron chi connectivity index (χ4n) is 6.74. The van der Waals surface area contributed by atoms with Crippen molar-refractivity contribution in [3.63, 3.8) is 0 Å². The lowest BCUT2D eigenvalue weighted by molar-refractivity contribution is 0.670. The maximum Gasteiger partial charge on any atom is 0.153 e. The van der Waals surface area contributed by atoms with Crippen LogP contribution in [0.3, 0.4) is 0 Å². The Bertz CT molecular complexity index is 2540. The zero-order chi connectivity index (χ0) is 31.9. The Morgan fingerprint density at radius 2 is 1.04 bits per heavy atom. The molecule has 2 heterocycles. The van der Waals surface area contributed by atoms with Crippen LogP contribution in [-0.4, -0.2) is 4.98 Å². The summed E-state index contributed by atoms with van der Waals surface area (Å²) in [5, 5.41) is 4.46. The van der Waals surface area contributed by atoms with Crippen LogP contribution in [0.25, 0.3) is 66.2 Å². The highest BCUT2D eigenvalue weighted by molar-refractivity contribution is 6.15. The summed E-state index contributed by atoms with van der Waals surface area (Å²) in [7, 11) is 0. The number of nitrogens with zero attached hydrogens (tertiary/aromatic N) is 2. The van der Waals surface area contributed by atoms with Crippen molar-refractivity contribution in [1.29, 1.82) is 0 Å². The molecule has 9 rings (SSSR count). The first-order chi connectivity index (χ1) is 23.8. The molecule has 3 nitrogen and oxygen atoms in total. The van der Waals surface area contributed by atoms with E-state index in [1.165, 1.54) is 27.6 Å². The van der Waals surface area contributed by atoms with Gasteiger partial charge in [0.25, 0.3) is 0 Å². The van der Waals surface area contributed by atoms with Gasteiger partial charge in [0, 0.05) is 38.7 Å². The van der Waals surface area contributed by atoms with Crippen LogP contribution in [0.1, 0.15) is 0 Å². The molecule has 2 aromatic heterocycles. The van der Waals surface area contributed by atoms with Gasteiger partial charge in [-0.2, -0.15) is 0 Å². The van der Waals surface area contributed by atoms with E-state index in [2.05, 4.69) is 181 Å². The molecule has 0 N–H and O–H groups in total. The molecule has 0 amide bonds. The van der Waals surface area contributed by atoms with Crippen LogP contribution in [0.15, 0.2) is 187 Å². The van der Waals surface area contributed by atoms with Crippen LogP contribution in [0.5, 0.6) is 0 Å². The van der Waals surface area contributed by atoms with E-state index in [1.54, 1.807) is 0 Å². The second kappa shape index (κ2) is 11.7. The van der Waals surface area contributed by atoms with E-state index in [0.717, 1.165) is 55.6 Å². The van der Waals surface area contributed by atoms with Crippen molar-refractivity contribution in [2.24, 2.45) is 0 Å². The molecule has 0 aliphatic rings. The van der Waals surface area contributed by atoms with Crippen LogP contribution < -0.4 is 4.90 Å². The summed E-state index contributed by atoms with van der Waals surface area (Å²) in [6.45, 7) is 0. The number of hydrogen-bond acceptors (Lipinski definition) is 3. The fraction of sp³-hybridized carbons (Fsp3) is 0. The normalized spacial score (nSPS) is 11.3. The minimum Gasteiger partial charge on any atom is -0.454 e. The second-order valence-corrected chi connectivity index (χ2v) is 12.0. The first-order valence-corrected chi connectivity index (χ1v) is 16.2. The average molecular weight is 615 g/mol. The number of hydrogen-bond donors (Lipinski definition) is 0. The number of pyridine rings is 1. The molecule has 0 spiro atoms. The average Bonchev–Trinajstić information content (AvgIpc) is 3.55. The van der Waals surface area contributed by atoms with Gasteiger partial charge in [0.05, 0.1) is 17.6 Å². The van der Waals surface area contributed by atoms with E-state index in [0.29, 0.717) is 0 Å². The highest BCUT2D eigenvalue weighted by Gasteiger charge is 2.18. The topological polar surface area (TPSA) is 29.3 Å². The Morgan fingerprint density at radius 1 is 0.438 bits per heavy atom. The molecule has 0 radical (unpaired) electrons.